The van der Waals surface area contributed by atoms with Gasteiger partial charge in [-0.3, -0.25) is 4.79 Å². The van der Waals surface area contributed by atoms with Crippen LogP contribution in [0, 0.1) is 12.3 Å². The maximum Gasteiger partial charge on any atom is 0.319 e. The average molecular weight is 355 g/mol. The highest BCUT2D eigenvalue weighted by Crippen LogP contribution is 2.43. The molecule has 0 unspecified atom stereocenters. The number of hydrogen-bond donors (Lipinski definition) is 3. The van der Waals surface area contributed by atoms with Crippen LogP contribution in [0.2, 0.25) is 0 Å². The Morgan fingerprint density at radius 2 is 2.10 bits per heavy atom. The third-order valence-electron chi connectivity index (χ3n) is 3.94. The van der Waals surface area contributed by atoms with Crippen molar-refractivity contribution in [1.29, 1.82) is 0 Å². The quantitative estimate of drug-likeness (QED) is 0.756. The van der Waals surface area contributed by atoms with Crippen molar-refractivity contribution in [2.45, 2.75) is 32.6 Å². The summed E-state index contributed by atoms with van der Waals surface area (Å²) in [5.41, 5.74) is 1.52. The van der Waals surface area contributed by atoms with Gasteiger partial charge in [-0.1, -0.05) is 12.5 Å². The number of rotatable bonds is 5. The topological polar surface area (TPSA) is 78.4 Å². The highest BCUT2D eigenvalue weighted by atomic mass is 79.9. The number of benzene rings is 1. The molecule has 0 bridgehead atoms. The van der Waals surface area contributed by atoms with E-state index in [2.05, 4.69) is 26.6 Å². The highest BCUT2D eigenvalue weighted by molar-refractivity contribution is 9.10. The Hall–Kier alpha value is -1.56. The Bertz CT molecular complexity index is 556. The molecule has 5 nitrogen and oxygen atoms in total. The molecule has 0 saturated heterocycles. The maximum absolute atomic E-state index is 11.9. The second-order valence-electron chi connectivity index (χ2n) is 5.72. The van der Waals surface area contributed by atoms with Gasteiger partial charge in [-0.25, -0.2) is 4.79 Å². The first-order valence-corrected chi connectivity index (χ1v) is 7.72. The first-order chi connectivity index (χ1) is 9.90. The molecule has 0 spiro atoms. The summed E-state index contributed by atoms with van der Waals surface area (Å²) in [4.78, 5) is 22.8. The van der Waals surface area contributed by atoms with E-state index >= 15 is 0 Å². The van der Waals surface area contributed by atoms with Crippen molar-refractivity contribution in [3.63, 3.8) is 0 Å². The molecule has 2 rings (SSSR count). The third kappa shape index (κ3) is 4.20. The van der Waals surface area contributed by atoms with Gasteiger partial charge in [0.2, 0.25) is 0 Å². The van der Waals surface area contributed by atoms with Crippen LogP contribution in [0.4, 0.5) is 10.5 Å². The summed E-state index contributed by atoms with van der Waals surface area (Å²) in [5, 5.41) is 14.5. The summed E-state index contributed by atoms with van der Waals surface area (Å²) >= 11 is 3.40. The Morgan fingerprint density at radius 1 is 1.38 bits per heavy atom. The van der Waals surface area contributed by atoms with Gasteiger partial charge in [0, 0.05) is 11.0 Å². The van der Waals surface area contributed by atoms with Crippen LogP contribution < -0.4 is 10.6 Å². The van der Waals surface area contributed by atoms with Gasteiger partial charge in [0.15, 0.2) is 0 Å². The van der Waals surface area contributed by atoms with Gasteiger partial charge in [0.1, 0.15) is 0 Å². The molecule has 0 aromatic heterocycles. The van der Waals surface area contributed by atoms with Crippen LogP contribution in [-0.2, 0) is 4.79 Å². The Morgan fingerprint density at radius 3 is 2.62 bits per heavy atom. The number of halogens is 1. The SMILES string of the molecule is Cc1ccc(NC(=O)NCC2(CC(=O)O)CCC2)c(Br)c1. The van der Waals surface area contributed by atoms with E-state index in [1.165, 1.54) is 0 Å². The number of aryl methyl sites for hydroxylation is 1. The zero-order chi connectivity index (χ0) is 15.5. The van der Waals surface area contributed by atoms with E-state index in [0.717, 1.165) is 29.3 Å². The molecule has 0 aliphatic heterocycles. The lowest BCUT2D eigenvalue weighted by Crippen LogP contribution is -2.44. The monoisotopic (exact) mass is 354 g/mol. The second-order valence-corrected chi connectivity index (χ2v) is 6.57. The summed E-state index contributed by atoms with van der Waals surface area (Å²) in [7, 11) is 0. The van der Waals surface area contributed by atoms with Gasteiger partial charge in [-0.2, -0.15) is 0 Å². The van der Waals surface area contributed by atoms with E-state index in [0.29, 0.717) is 12.2 Å². The third-order valence-corrected chi connectivity index (χ3v) is 4.59. The molecule has 2 amide bonds. The van der Waals surface area contributed by atoms with Crippen molar-refractivity contribution in [3.8, 4) is 0 Å². The van der Waals surface area contributed by atoms with Crippen molar-refractivity contribution in [3.05, 3.63) is 28.2 Å². The number of hydrogen-bond acceptors (Lipinski definition) is 2. The smallest absolute Gasteiger partial charge is 0.319 e. The number of nitrogens with one attached hydrogen (secondary N) is 2. The molecular weight excluding hydrogens is 336 g/mol. The Kier molecular flexibility index (Phi) is 4.88. The van der Waals surface area contributed by atoms with Gasteiger partial charge >= 0.3 is 12.0 Å². The van der Waals surface area contributed by atoms with Gasteiger partial charge < -0.3 is 15.7 Å². The predicted octanol–water partition coefficient (Wildman–Crippen LogP) is 3.52. The zero-order valence-electron chi connectivity index (χ0n) is 11.9. The van der Waals surface area contributed by atoms with Crippen molar-refractivity contribution in [1.82, 2.24) is 5.32 Å². The molecule has 0 heterocycles. The molecule has 6 heteroatoms. The summed E-state index contributed by atoms with van der Waals surface area (Å²) in [5.74, 6) is -0.807. The molecule has 1 aromatic carbocycles. The second kappa shape index (κ2) is 6.47. The van der Waals surface area contributed by atoms with Crippen molar-refractivity contribution in [2.75, 3.05) is 11.9 Å². The lowest BCUT2D eigenvalue weighted by molar-refractivity contribution is -0.141. The standard InChI is InChI=1S/C15H19BrN2O3/c1-10-3-4-12(11(16)7-10)18-14(21)17-9-15(5-2-6-15)8-13(19)20/h3-4,7H,2,5-6,8-9H2,1H3,(H,19,20)(H2,17,18,21). The molecule has 1 aliphatic rings. The lowest BCUT2D eigenvalue weighted by atomic mass is 9.66. The highest BCUT2D eigenvalue weighted by Gasteiger charge is 2.39. The summed E-state index contributed by atoms with van der Waals surface area (Å²) < 4.78 is 0.821. The molecule has 1 fully saturated rings. The Balaban J connectivity index is 1.88. The molecule has 3 N–H and O–H groups in total. The van der Waals surface area contributed by atoms with E-state index in [-0.39, 0.29) is 17.9 Å². The summed E-state index contributed by atoms with van der Waals surface area (Å²) in [6.07, 6.45) is 2.85. The predicted molar refractivity (Wildman–Crippen MR) is 84.4 cm³/mol. The molecule has 1 saturated carbocycles. The van der Waals surface area contributed by atoms with Crippen LogP contribution >= 0.6 is 15.9 Å². The van der Waals surface area contributed by atoms with Crippen LogP contribution in [-0.4, -0.2) is 23.7 Å². The number of anilines is 1. The van der Waals surface area contributed by atoms with Crippen molar-refractivity contribution >= 4 is 33.6 Å². The molecule has 21 heavy (non-hydrogen) atoms. The number of carbonyl (C=O) groups is 2. The number of carboxylic acids is 1. The zero-order valence-corrected chi connectivity index (χ0v) is 13.5. The minimum atomic E-state index is -0.807. The minimum absolute atomic E-state index is 0.113. The van der Waals surface area contributed by atoms with E-state index in [9.17, 15) is 9.59 Å². The number of urea groups is 1. The largest absolute Gasteiger partial charge is 0.481 e. The van der Waals surface area contributed by atoms with Gasteiger partial charge in [0.25, 0.3) is 0 Å². The van der Waals surface area contributed by atoms with Crippen LogP contribution in [0.3, 0.4) is 0 Å². The summed E-state index contributed by atoms with van der Waals surface area (Å²) in [6.45, 7) is 2.37. The van der Waals surface area contributed by atoms with Crippen LogP contribution in [0.25, 0.3) is 0 Å². The van der Waals surface area contributed by atoms with Gasteiger partial charge in [-0.05, 0) is 58.8 Å². The van der Waals surface area contributed by atoms with E-state index in [1.54, 1.807) is 0 Å². The van der Waals surface area contributed by atoms with E-state index < -0.39 is 5.97 Å². The minimum Gasteiger partial charge on any atom is -0.481 e. The lowest BCUT2D eigenvalue weighted by Gasteiger charge is -2.40. The fourth-order valence-corrected chi connectivity index (χ4v) is 3.16. The van der Waals surface area contributed by atoms with Crippen LogP contribution in [0.5, 0.6) is 0 Å². The number of carboxylic acid groups (broad SMARTS) is 1. The van der Waals surface area contributed by atoms with Gasteiger partial charge in [0.05, 0.1) is 12.1 Å². The van der Waals surface area contributed by atoms with Crippen molar-refractivity contribution < 1.29 is 14.7 Å². The van der Waals surface area contributed by atoms with E-state index in [1.807, 2.05) is 25.1 Å². The normalized spacial score (nSPS) is 15.9. The maximum atomic E-state index is 11.9. The average Bonchev–Trinajstić information content (AvgIpc) is 2.35. The summed E-state index contributed by atoms with van der Waals surface area (Å²) in [6, 6.07) is 5.36. The molecule has 0 atom stereocenters. The number of amides is 2. The molecule has 1 aromatic rings. The van der Waals surface area contributed by atoms with Crippen LogP contribution in [0.15, 0.2) is 22.7 Å². The fourth-order valence-electron chi connectivity index (χ4n) is 2.57. The van der Waals surface area contributed by atoms with Crippen molar-refractivity contribution in [2.24, 2.45) is 5.41 Å². The molecule has 0 radical (unpaired) electrons. The number of carbonyl (C=O) groups excluding carboxylic acids is 1. The van der Waals surface area contributed by atoms with Crippen LogP contribution in [0.1, 0.15) is 31.2 Å². The molecule has 114 valence electrons. The molecular formula is C15H19BrN2O3. The van der Waals surface area contributed by atoms with E-state index in [4.69, 9.17) is 5.11 Å². The first kappa shape index (κ1) is 15.8. The molecule has 1 aliphatic carbocycles. The van der Waals surface area contributed by atoms with Gasteiger partial charge in [-0.15, -0.1) is 0 Å². The fraction of sp³-hybridized carbons (Fsp3) is 0.467. The Labute approximate surface area is 132 Å². The first-order valence-electron chi connectivity index (χ1n) is 6.93. The number of aliphatic carboxylic acids is 1.